The third-order valence-corrected chi connectivity index (χ3v) is 6.30. The van der Waals surface area contributed by atoms with Crippen LogP contribution in [0.1, 0.15) is 6.42 Å². The van der Waals surface area contributed by atoms with Gasteiger partial charge in [0.25, 0.3) is 0 Å². The van der Waals surface area contributed by atoms with E-state index in [1.165, 1.54) is 34.9 Å². The van der Waals surface area contributed by atoms with Crippen molar-refractivity contribution in [2.75, 3.05) is 30.0 Å². The molecule has 0 saturated carbocycles. The van der Waals surface area contributed by atoms with Gasteiger partial charge >= 0.3 is 0 Å². The number of hydrogen-bond acceptors (Lipinski definition) is 5. The van der Waals surface area contributed by atoms with Gasteiger partial charge in [0.2, 0.25) is 5.91 Å². The summed E-state index contributed by atoms with van der Waals surface area (Å²) in [7, 11) is -1.40. The number of benzene rings is 1. The van der Waals surface area contributed by atoms with E-state index in [0.29, 0.717) is 17.0 Å². The van der Waals surface area contributed by atoms with E-state index >= 15 is 0 Å². The number of hydrogen-bond donors (Lipinski definition) is 1. The van der Waals surface area contributed by atoms with Gasteiger partial charge in [-0.1, -0.05) is 0 Å². The van der Waals surface area contributed by atoms with Crippen molar-refractivity contribution < 1.29 is 17.6 Å². The molecule has 21 heavy (non-hydrogen) atoms. The van der Waals surface area contributed by atoms with Gasteiger partial charge < -0.3 is 10.6 Å². The van der Waals surface area contributed by atoms with Crippen molar-refractivity contribution in [1.29, 1.82) is 0 Å². The van der Waals surface area contributed by atoms with Gasteiger partial charge in [0.15, 0.2) is 9.84 Å². The van der Waals surface area contributed by atoms with Crippen LogP contribution in [0.15, 0.2) is 23.1 Å². The summed E-state index contributed by atoms with van der Waals surface area (Å²) in [5.41, 5.74) is 5.97. The molecule has 0 aromatic heterocycles. The Kier molecular flexibility index (Phi) is 4.77. The standard InChI is InChI=1S/C13H17FN2O3S2/c1-16(10-4-5-21(18,19)8-10)13(17)7-20-12-3-2-9(14)6-11(12)15/h2-3,6,10H,4-5,7-8,15H2,1H3. The van der Waals surface area contributed by atoms with Gasteiger partial charge in [0, 0.05) is 23.7 Å². The number of sulfone groups is 1. The summed E-state index contributed by atoms with van der Waals surface area (Å²) in [5, 5.41) is 0. The predicted molar refractivity (Wildman–Crippen MR) is 81.4 cm³/mol. The second-order valence-corrected chi connectivity index (χ2v) is 8.28. The van der Waals surface area contributed by atoms with Gasteiger partial charge in [-0.05, 0) is 24.6 Å². The van der Waals surface area contributed by atoms with E-state index in [2.05, 4.69) is 0 Å². The smallest absolute Gasteiger partial charge is 0.232 e. The van der Waals surface area contributed by atoms with Crippen molar-refractivity contribution in [3.05, 3.63) is 24.0 Å². The minimum atomic E-state index is -3.01. The van der Waals surface area contributed by atoms with Crippen LogP contribution in [0, 0.1) is 5.82 Å². The van der Waals surface area contributed by atoms with Crippen LogP contribution in [-0.4, -0.2) is 49.6 Å². The first-order valence-electron chi connectivity index (χ1n) is 6.42. The fourth-order valence-corrected chi connectivity index (χ4v) is 4.82. The molecule has 1 fully saturated rings. The van der Waals surface area contributed by atoms with Gasteiger partial charge in [-0.25, -0.2) is 12.8 Å². The van der Waals surface area contributed by atoms with Gasteiger partial charge in [0.05, 0.1) is 17.3 Å². The summed E-state index contributed by atoms with van der Waals surface area (Å²) in [6.07, 6.45) is 0.480. The molecule has 1 aromatic carbocycles. The Morgan fingerprint density at radius 3 is 2.81 bits per heavy atom. The Bertz CT molecular complexity index is 649. The van der Waals surface area contributed by atoms with E-state index in [9.17, 15) is 17.6 Å². The molecule has 8 heteroatoms. The van der Waals surface area contributed by atoms with Crippen molar-refractivity contribution in [2.45, 2.75) is 17.4 Å². The molecule has 1 unspecified atom stereocenters. The van der Waals surface area contributed by atoms with Gasteiger partial charge in [-0.2, -0.15) is 0 Å². The number of rotatable bonds is 4. The first kappa shape index (κ1) is 16.1. The first-order valence-corrected chi connectivity index (χ1v) is 9.23. The summed E-state index contributed by atoms with van der Waals surface area (Å²) in [4.78, 5) is 14.2. The zero-order chi connectivity index (χ0) is 15.6. The number of nitrogen functional groups attached to an aromatic ring is 1. The molecule has 5 nitrogen and oxygen atoms in total. The molecule has 1 saturated heterocycles. The highest BCUT2D eigenvalue weighted by Crippen LogP contribution is 2.26. The van der Waals surface area contributed by atoms with Crippen molar-refractivity contribution in [1.82, 2.24) is 4.90 Å². The Hall–Kier alpha value is -1.28. The Morgan fingerprint density at radius 1 is 1.52 bits per heavy atom. The molecule has 1 heterocycles. The largest absolute Gasteiger partial charge is 0.398 e. The molecule has 0 bridgehead atoms. The predicted octanol–water partition coefficient (Wildman–Crippen LogP) is 1.15. The summed E-state index contributed by atoms with van der Waals surface area (Å²) in [6, 6.07) is 3.77. The minimum Gasteiger partial charge on any atom is -0.398 e. The van der Waals surface area contributed by atoms with Crippen molar-refractivity contribution in [2.24, 2.45) is 0 Å². The van der Waals surface area contributed by atoms with Gasteiger partial charge in [0.1, 0.15) is 5.82 Å². The maximum atomic E-state index is 12.9. The van der Waals surface area contributed by atoms with Crippen LogP contribution in [-0.2, 0) is 14.6 Å². The average Bonchev–Trinajstić information content (AvgIpc) is 2.77. The van der Waals surface area contributed by atoms with Crippen molar-refractivity contribution >= 4 is 33.2 Å². The van der Waals surface area contributed by atoms with E-state index in [-0.39, 0.29) is 29.2 Å². The lowest BCUT2D eigenvalue weighted by Crippen LogP contribution is -2.38. The maximum Gasteiger partial charge on any atom is 0.232 e. The molecule has 0 radical (unpaired) electrons. The van der Waals surface area contributed by atoms with Crippen LogP contribution in [0.5, 0.6) is 0 Å². The fourth-order valence-electron chi connectivity index (χ4n) is 2.18. The van der Waals surface area contributed by atoms with E-state index in [1.807, 2.05) is 0 Å². The number of carbonyl (C=O) groups is 1. The topological polar surface area (TPSA) is 80.5 Å². The second kappa shape index (κ2) is 6.23. The summed E-state index contributed by atoms with van der Waals surface area (Å²) < 4.78 is 35.8. The molecule has 0 aliphatic carbocycles. The molecule has 0 spiro atoms. The van der Waals surface area contributed by atoms with E-state index in [0.717, 1.165) is 0 Å². The number of anilines is 1. The summed E-state index contributed by atoms with van der Waals surface area (Å²) in [6.45, 7) is 0. The summed E-state index contributed by atoms with van der Waals surface area (Å²) in [5.74, 6) is -0.281. The zero-order valence-corrected chi connectivity index (χ0v) is 13.2. The Balaban J connectivity index is 1.92. The lowest BCUT2D eigenvalue weighted by atomic mass is 10.2. The Morgan fingerprint density at radius 2 is 2.24 bits per heavy atom. The third kappa shape index (κ3) is 4.10. The Labute approximate surface area is 127 Å². The second-order valence-electron chi connectivity index (χ2n) is 5.03. The third-order valence-electron chi connectivity index (χ3n) is 3.47. The van der Waals surface area contributed by atoms with Crippen molar-refractivity contribution in [3.63, 3.8) is 0 Å². The lowest BCUT2D eigenvalue weighted by Gasteiger charge is -2.23. The molecule has 2 N–H and O–H groups in total. The van der Waals surface area contributed by atoms with Crippen LogP contribution in [0.4, 0.5) is 10.1 Å². The average molecular weight is 332 g/mol. The maximum absolute atomic E-state index is 12.9. The molecule has 116 valence electrons. The number of thioether (sulfide) groups is 1. The highest BCUT2D eigenvalue weighted by atomic mass is 32.2. The quantitative estimate of drug-likeness (QED) is 0.661. The fraction of sp³-hybridized carbons (Fsp3) is 0.462. The lowest BCUT2D eigenvalue weighted by molar-refractivity contribution is -0.128. The van der Waals surface area contributed by atoms with E-state index in [1.54, 1.807) is 7.05 Å². The number of amides is 1. The molecule has 1 amide bonds. The van der Waals surface area contributed by atoms with Gasteiger partial charge in [-0.15, -0.1) is 11.8 Å². The molecule has 1 aromatic rings. The monoisotopic (exact) mass is 332 g/mol. The SMILES string of the molecule is CN(C(=O)CSc1ccc(F)cc1N)C1CCS(=O)(=O)C1. The zero-order valence-electron chi connectivity index (χ0n) is 11.6. The van der Waals surface area contributed by atoms with Crippen LogP contribution in [0.2, 0.25) is 0 Å². The molecular formula is C13H17FN2O3S2. The van der Waals surface area contributed by atoms with E-state index in [4.69, 9.17) is 5.73 Å². The highest BCUT2D eigenvalue weighted by Gasteiger charge is 2.32. The number of carbonyl (C=O) groups excluding carboxylic acids is 1. The molecule has 1 aliphatic rings. The molecule has 1 atom stereocenters. The van der Waals surface area contributed by atoms with Crippen LogP contribution >= 0.6 is 11.8 Å². The summed E-state index contributed by atoms with van der Waals surface area (Å²) >= 11 is 1.22. The van der Waals surface area contributed by atoms with E-state index < -0.39 is 15.7 Å². The van der Waals surface area contributed by atoms with Crippen LogP contribution in [0.25, 0.3) is 0 Å². The number of nitrogens with two attached hydrogens (primary N) is 1. The highest BCUT2D eigenvalue weighted by molar-refractivity contribution is 8.00. The minimum absolute atomic E-state index is 0.0264. The molecular weight excluding hydrogens is 315 g/mol. The van der Waals surface area contributed by atoms with Gasteiger partial charge in [-0.3, -0.25) is 4.79 Å². The number of nitrogens with zero attached hydrogens (tertiary/aromatic N) is 1. The molecule has 2 rings (SSSR count). The van der Waals surface area contributed by atoms with Crippen molar-refractivity contribution in [3.8, 4) is 0 Å². The number of halogens is 1. The first-order chi connectivity index (χ1) is 9.78. The molecule has 1 aliphatic heterocycles. The normalized spacial score (nSPS) is 20.4. The van der Waals surface area contributed by atoms with Crippen LogP contribution < -0.4 is 5.73 Å². The van der Waals surface area contributed by atoms with Crippen LogP contribution in [0.3, 0.4) is 0 Å².